The van der Waals surface area contributed by atoms with E-state index < -0.39 is 15.6 Å². The predicted octanol–water partition coefficient (Wildman–Crippen LogP) is 1.16. The Morgan fingerprint density at radius 1 is 1.44 bits per heavy atom. The Hall–Kier alpha value is -0.850. The number of furan rings is 1. The summed E-state index contributed by atoms with van der Waals surface area (Å²) in [5.74, 6) is 0.521. The maximum atomic E-state index is 11.9. The topological polar surface area (TPSA) is 79.5 Å². The number of hydrogen-bond donors (Lipinski definition) is 2. The van der Waals surface area contributed by atoms with Gasteiger partial charge in [-0.1, -0.05) is 0 Å². The lowest BCUT2D eigenvalue weighted by Crippen LogP contribution is -2.40. The van der Waals surface area contributed by atoms with Crippen LogP contribution in [-0.2, 0) is 16.6 Å². The standard InChI is InChI=1S/C10H17NO4S/c1-7-9(5-8(6-12)15-7)16(13,14)11-10(2,3)4/h5,11-12H,6H2,1-4H3. The molecule has 5 nitrogen and oxygen atoms in total. The Morgan fingerprint density at radius 2 is 2.00 bits per heavy atom. The summed E-state index contributed by atoms with van der Waals surface area (Å²) in [5.41, 5.74) is -0.554. The van der Waals surface area contributed by atoms with Crippen LogP contribution in [0, 0.1) is 6.92 Å². The summed E-state index contributed by atoms with van der Waals surface area (Å²) < 4.78 is 31.5. The minimum absolute atomic E-state index is 0.0754. The van der Waals surface area contributed by atoms with Gasteiger partial charge in [-0.3, -0.25) is 0 Å². The highest BCUT2D eigenvalue weighted by molar-refractivity contribution is 7.89. The molecule has 0 saturated carbocycles. The third-order valence-electron chi connectivity index (χ3n) is 1.81. The van der Waals surface area contributed by atoms with E-state index in [0.717, 1.165) is 0 Å². The van der Waals surface area contributed by atoms with E-state index in [0.29, 0.717) is 0 Å². The molecule has 6 heteroatoms. The number of rotatable bonds is 3. The van der Waals surface area contributed by atoms with Gasteiger partial charge in [-0.15, -0.1) is 0 Å². The van der Waals surface area contributed by atoms with Crippen molar-refractivity contribution >= 4 is 10.0 Å². The normalized spacial score (nSPS) is 13.1. The van der Waals surface area contributed by atoms with Gasteiger partial charge >= 0.3 is 0 Å². The van der Waals surface area contributed by atoms with Gasteiger partial charge < -0.3 is 9.52 Å². The third kappa shape index (κ3) is 3.07. The molecule has 0 unspecified atom stereocenters. The summed E-state index contributed by atoms with van der Waals surface area (Å²) in [5, 5.41) is 8.86. The molecule has 0 aliphatic carbocycles. The van der Waals surface area contributed by atoms with Crippen molar-refractivity contribution in [2.45, 2.75) is 44.7 Å². The fourth-order valence-corrected chi connectivity index (χ4v) is 2.95. The molecule has 0 aliphatic heterocycles. The lowest BCUT2D eigenvalue weighted by atomic mass is 10.1. The monoisotopic (exact) mass is 247 g/mol. The molecular weight excluding hydrogens is 230 g/mol. The summed E-state index contributed by atoms with van der Waals surface area (Å²) in [4.78, 5) is 0.0754. The van der Waals surface area contributed by atoms with Gasteiger partial charge in [-0.25, -0.2) is 13.1 Å². The van der Waals surface area contributed by atoms with Crippen molar-refractivity contribution in [1.29, 1.82) is 0 Å². The van der Waals surface area contributed by atoms with Crippen LogP contribution in [0.1, 0.15) is 32.3 Å². The van der Waals surface area contributed by atoms with Gasteiger partial charge in [-0.2, -0.15) is 0 Å². The van der Waals surface area contributed by atoms with E-state index in [2.05, 4.69) is 4.72 Å². The largest absolute Gasteiger partial charge is 0.462 e. The van der Waals surface area contributed by atoms with Crippen LogP contribution in [-0.4, -0.2) is 19.1 Å². The Morgan fingerprint density at radius 3 is 2.38 bits per heavy atom. The molecule has 0 saturated heterocycles. The van der Waals surface area contributed by atoms with Crippen LogP contribution in [0.5, 0.6) is 0 Å². The van der Waals surface area contributed by atoms with Crippen molar-refractivity contribution in [3.05, 3.63) is 17.6 Å². The molecule has 1 heterocycles. The second kappa shape index (κ2) is 4.20. The molecular formula is C10H17NO4S. The van der Waals surface area contributed by atoms with E-state index in [9.17, 15) is 8.42 Å². The number of aryl methyl sites for hydroxylation is 1. The highest BCUT2D eigenvalue weighted by Crippen LogP contribution is 2.21. The van der Waals surface area contributed by atoms with Crippen LogP contribution in [0.15, 0.2) is 15.4 Å². The summed E-state index contributed by atoms with van der Waals surface area (Å²) >= 11 is 0. The van der Waals surface area contributed by atoms with Crippen LogP contribution in [0.4, 0.5) is 0 Å². The van der Waals surface area contributed by atoms with Gasteiger partial charge in [0.15, 0.2) is 0 Å². The van der Waals surface area contributed by atoms with Crippen molar-refractivity contribution in [2.75, 3.05) is 0 Å². The average molecular weight is 247 g/mol. The summed E-state index contributed by atoms with van der Waals surface area (Å²) in [6, 6.07) is 1.34. The van der Waals surface area contributed by atoms with Gasteiger partial charge in [0.1, 0.15) is 23.0 Å². The van der Waals surface area contributed by atoms with Crippen molar-refractivity contribution < 1.29 is 17.9 Å². The van der Waals surface area contributed by atoms with Crippen LogP contribution in [0.3, 0.4) is 0 Å². The first-order chi connectivity index (χ1) is 7.15. The zero-order valence-corrected chi connectivity index (χ0v) is 10.7. The second-order valence-corrected chi connectivity index (χ2v) is 6.30. The van der Waals surface area contributed by atoms with Crippen molar-refractivity contribution in [3.8, 4) is 0 Å². The Bertz CT molecular complexity index is 467. The van der Waals surface area contributed by atoms with Gasteiger partial charge in [-0.05, 0) is 27.7 Å². The molecule has 1 aromatic heterocycles. The highest BCUT2D eigenvalue weighted by atomic mass is 32.2. The summed E-state index contributed by atoms with van der Waals surface area (Å²) in [6.45, 7) is 6.51. The summed E-state index contributed by atoms with van der Waals surface area (Å²) in [6.07, 6.45) is 0. The van der Waals surface area contributed by atoms with E-state index in [4.69, 9.17) is 9.52 Å². The fourth-order valence-electron chi connectivity index (χ4n) is 1.33. The Balaban J connectivity index is 3.12. The molecule has 1 rings (SSSR count). The molecule has 0 spiro atoms. The van der Waals surface area contributed by atoms with Crippen LogP contribution >= 0.6 is 0 Å². The predicted molar refractivity (Wildman–Crippen MR) is 59.4 cm³/mol. The minimum atomic E-state index is -3.59. The molecule has 92 valence electrons. The number of nitrogens with one attached hydrogen (secondary N) is 1. The van der Waals surface area contributed by atoms with E-state index >= 15 is 0 Å². The fraction of sp³-hybridized carbons (Fsp3) is 0.600. The number of sulfonamides is 1. The molecule has 0 amide bonds. The van der Waals surface area contributed by atoms with E-state index in [1.54, 1.807) is 27.7 Å². The Kier molecular flexibility index (Phi) is 3.47. The van der Waals surface area contributed by atoms with Crippen molar-refractivity contribution in [1.82, 2.24) is 4.72 Å². The van der Waals surface area contributed by atoms with Gasteiger partial charge in [0.25, 0.3) is 0 Å². The second-order valence-electron chi connectivity index (χ2n) is 4.65. The van der Waals surface area contributed by atoms with Crippen LogP contribution in [0.25, 0.3) is 0 Å². The minimum Gasteiger partial charge on any atom is -0.462 e. The molecule has 0 fully saturated rings. The molecule has 0 aliphatic rings. The first kappa shape index (κ1) is 13.2. The lowest BCUT2D eigenvalue weighted by Gasteiger charge is -2.19. The molecule has 0 aromatic carbocycles. The summed E-state index contributed by atoms with van der Waals surface area (Å²) in [7, 11) is -3.59. The lowest BCUT2D eigenvalue weighted by molar-refractivity contribution is 0.244. The molecule has 2 N–H and O–H groups in total. The quantitative estimate of drug-likeness (QED) is 0.840. The average Bonchev–Trinajstić information content (AvgIpc) is 2.43. The van der Waals surface area contributed by atoms with Crippen molar-refractivity contribution in [3.63, 3.8) is 0 Å². The smallest absolute Gasteiger partial charge is 0.244 e. The third-order valence-corrected chi connectivity index (χ3v) is 3.67. The molecule has 0 bridgehead atoms. The van der Waals surface area contributed by atoms with E-state index in [1.807, 2.05) is 0 Å². The maximum Gasteiger partial charge on any atom is 0.244 e. The van der Waals surface area contributed by atoms with Gasteiger partial charge in [0, 0.05) is 11.6 Å². The molecule has 16 heavy (non-hydrogen) atoms. The highest BCUT2D eigenvalue weighted by Gasteiger charge is 2.26. The zero-order chi connectivity index (χ0) is 12.6. The molecule has 0 radical (unpaired) electrons. The first-order valence-electron chi connectivity index (χ1n) is 4.90. The maximum absolute atomic E-state index is 11.9. The van der Waals surface area contributed by atoms with E-state index in [-0.39, 0.29) is 23.0 Å². The van der Waals surface area contributed by atoms with Gasteiger partial charge in [0.2, 0.25) is 10.0 Å². The zero-order valence-electron chi connectivity index (χ0n) is 9.86. The number of hydrogen-bond acceptors (Lipinski definition) is 4. The van der Waals surface area contributed by atoms with Crippen LogP contribution in [0.2, 0.25) is 0 Å². The van der Waals surface area contributed by atoms with Crippen molar-refractivity contribution in [2.24, 2.45) is 0 Å². The molecule has 0 atom stereocenters. The Labute approximate surface area is 95.5 Å². The van der Waals surface area contributed by atoms with Crippen LogP contribution < -0.4 is 4.72 Å². The number of aliphatic hydroxyl groups is 1. The SMILES string of the molecule is Cc1oc(CO)cc1S(=O)(=O)NC(C)(C)C. The first-order valence-corrected chi connectivity index (χ1v) is 6.38. The van der Waals surface area contributed by atoms with E-state index in [1.165, 1.54) is 6.07 Å². The molecule has 1 aromatic rings. The number of aliphatic hydroxyl groups excluding tert-OH is 1. The van der Waals surface area contributed by atoms with Gasteiger partial charge in [0.05, 0.1) is 0 Å².